The Morgan fingerprint density at radius 2 is 1.51 bits per heavy atom. The number of fused-ring (bicyclic) bond motifs is 3. The van der Waals surface area contributed by atoms with Crippen LogP contribution in [0.1, 0.15) is 25.5 Å². The molecule has 0 bridgehead atoms. The lowest BCUT2D eigenvalue weighted by atomic mass is 10.1. The summed E-state index contributed by atoms with van der Waals surface area (Å²) in [5.41, 5.74) is 5.13. The third-order valence-electron chi connectivity index (χ3n) is 6.92. The molecule has 4 aromatic carbocycles. The fourth-order valence-electron chi connectivity index (χ4n) is 4.94. The molecule has 7 aromatic rings. The van der Waals surface area contributed by atoms with Gasteiger partial charge in [0.2, 0.25) is 0 Å². The Balaban J connectivity index is 1.25. The van der Waals surface area contributed by atoms with Crippen molar-refractivity contribution in [1.29, 1.82) is 0 Å². The summed E-state index contributed by atoms with van der Waals surface area (Å²) in [6, 6.07) is 33.2. The van der Waals surface area contributed by atoms with Crippen LogP contribution in [0.5, 0.6) is 11.5 Å². The second-order valence-corrected chi connectivity index (χ2v) is 9.87. The van der Waals surface area contributed by atoms with E-state index in [2.05, 4.69) is 64.9 Å². The third kappa shape index (κ3) is 4.16. The monoisotopic (exact) mass is 510 g/mol. The van der Waals surface area contributed by atoms with E-state index in [0.29, 0.717) is 6.01 Å². The van der Waals surface area contributed by atoms with E-state index in [1.807, 2.05) is 83.9 Å². The van der Waals surface area contributed by atoms with Crippen LogP contribution in [-0.2, 0) is 0 Å². The summed E-state index contributed by atoms with van der Waals surface area (Å²) >= 11 is 0. The highest BCUT2D eigenvalue weighted by atomic mass is 16.5. The smallest absolute Gasteiger partial charge is 0.306 e. The van der Waals surface area contributed by atoms with Crippen molar-refractivity contribution in [2.75, 3.05) is 0 Å². The molecule has 0 N–H and O–H groups in total. The molecule has 0 radical (unpaired) electrons. The molecule has 3 heterocycles. The fraction of sp³-hybridized carbons (Fsp3) is 0.0909. The molecule has 0 amide bonds. The zero-order valence-electron chi connectivity index (χ0n) is 21.7. The lowest BCUT2D eigenvalue weighted by Crippen LogP contribution is -1.95. The van der Waals surface area contributed by atoms with Crippen LogP contribution in [0.4, 0.5) is 0 Å². The average Bonchev–Trinajstić information content (AvgIpc) is 3.71. The van der Waals surface area contributed by atoms with E-state index in [0.717, 1.165) is 55.9 Å². The first-order valence-corrected chi connectivity index (χ1v) is 13.0. The van der Waals surface area contributed by atoms with Crippen molar-refractivity contribution in [1.82, 2.24) is 19.3 Å². The van der Waals surface area contributed by atoms with Crippen LogP contribution in [0.2, 0.25) is 0 Å². The van der Waals surface area contributed by atoms with Crippen molar-refractivity contribution in [3.05, 3.63) is 121 Å². The summed E-state index contributed by atoms with van der Waals surface area (Å²) in [4.78, 5) is 4.61. The van der Waals surface area contributed by atoms with Crippen molar-refractivity contribution in [2.45, 2.75) is 19.8 Å². The molecular weight excluding hydrogens is 484 g/mol. The van der Waals surface area contributed by atoms with E-state index < -0.39 is 0 Å². The minimum atomic E-state index is 0.254. The summed E-state index contributed by atoms with van der Waals surface area (Å²) in [6.45, 7) is 4.20. The van der Waals surface area contributed by atoms with Gasteiger partial charge in [0.15, 0.2) is 0 Å². The van der Waals surface area contributed by atoms with E-state index in [-0.39, 0.29) is 5.92 Å². The number of hydrogen-bond acceptors (Lipinski definition) is 4. The highest BCUT2D eigenvalue weighted by molar-refractivity contribution is 6.09. The number of para-hydroxylation sites is 1. The first kappa shape index (κ1) is 23.0. The maximum atomic E-state index is 6.36. The van der Waals surface area contributed by atoms with Gasteiger partial charge in [-0.1, -0.05) is 68.4 Å². The van der Waals surface area contributed by atoms with Crippen LogP contribution in [0.25, 0.3) is 44.6 Å². The molecule has 3 aromatic heterocycles. The molecule has 6 heteroatoms. The lowest BCUT2D eigenvalue weighted by Gasteiger charge is -2.09. The minimum absolute atomic E-state index is 0.254. The van der Waals surface area contributed by atoms with Crippen LogP contribution < -0.4 is 4.74 Å². The predicted molar refractivity (Wildman–Crippen MR) is 154 cm³/mol. The molecule has 0 saturated carbocycles. The van der Waals surface area contributed by atoms with E-state index in [1.54, 1.807) is 0 Å². The maximum Gasteiger partial charge on any atom is 0.306 e. The molecule has 0 spiro atoms. The van der Waals surface area contributed by atoms with Gasteiger partial charge in [0.1, 0.15) is 17.3 Å². The van der Waals surface area contributed by atoms with Crippen LogP contribution in [0.15, 0.2) is 120 Å². The van der Waals surface area contributed by atoms with Gasteiger partial charge in [0, 0.05) is 40.6 Å². The fourth-order valence-corrected chi connectivity index (χ4v) is 4.94. The first-order valence-electron chi connectivity index (χ1n) is 13.0. The lowest BCUT2D eigenvalue weighted by molar-refractivity contribution is 0.468. The number of aromatic nitrogens is 4. The molecule has 39 heavy (non-hydrogen) atoms. The Bertz CT molecular complexity index is 1930. The number of hydrogen-bond donors (Lipinski definition) is 0. The number of benzene rings is 4. The molecule has 190 valence electrons. The molecule has 0 aliphatic heterocycles. The molecule has 0 unspecified atom stereocenters. The maximum absolute atomic E-state index is 6.36. The summed E-state index contributed by atoms with van der Waals surface area (Å²) in [5, 5.41) is 6.83. The zero-order chi connectivity index (χ0) is 26.3. The van der Waals surface area contributed by atoms with Gasteiger partial charge in [0.05, 0.1) is 29.1 Å². The second-order valence-electron chi connectivity index (χ2n) is 9.87. The van der Waals surface area contributed by atoms with Gasteiger partial charge in [-0.3, -0.25) is 4.57 Å². The van der Waals surface area contributed by atoms with Crippen molar-refractivity contribution < 1.29 is 9.15 Å². The quantitative estimate of drug-likeness (QED) is 0.225. The standard InChI is InChI=1S/C33H26N4O2/c1-22(2)32-20-34-33(39-32)37-30-14-7-6-13-28(30)29-16-15-27(18-31(29)37)38-26-12-8-11-25(17-26)36-21-24(19-35-36)23-9-4-3-5-10-23/h3-22H,1-2H3. The summed E-state index contributed by atoms with van der Waals surface area (Å²) in [6.07, 6.45) is 5.72. The van der Waals surface area contributed by atoms with E-state index in [1.165, 1.54) is 0 Å². The summed E-state index contributed by atoms with van der Waals surface area (Å²) < 4.78 is 16.5. The second kappa shape index (κ2) is 9.33. The van der Waals surface area contributed by atoms with Gasteiger partial charge in [-0.25, -0.2) is 9.67 Å². The molecule has 0 aliphatic carbocycles. The molecular formula is C33H26N4O2. The molecule has 6 nitrogen and oxygen atoms in total. The third-order valence-corrected chi connectivity index (χ3v) is 6.92. The molecule has 0 saturated heterocycles. The Labute approximate surface area is 225 Å². The van der Waals surface area contributed by atoms with Crippen molar-refractivity contribution in [3.63, 3.8) is 0 Å². The van der Waals surface area contributed by atoms with E-state index >= 15 is 0 Å². The Hall–Kier alpha value is -5.10. The Kier molecular flexibility index (Phi) is 5.51. The number of rotatable bonds is 6. The molecule has 0 fully saturated rings. The van der Waals surface area contributed by atoms with Crippen LogP contribution >= 0.6 is 0 Å². The molecule has 7 rings (SSSR count). The van der Waals surface area contributed by atoms with Crippen LogP contribution in [0, 0.1) is 0 Å². The van der Waals surface area contributed by atoms with Gasteiger partial charge in [-0.15, -0.1) is 0 Å². The van der Waals surface area contributed by atoms with E-state index in [4.69, 9.17) is 9.15 Å². The number of ether oxygens (including phenoxy) is 1. The van der Waals surface area contributed by atoms with Crippen molar-refractivity contribution in [2.24, 2.45) is 0 Å². The van der Waals surface area contributed by atoms with Gasteiger partial charge in [-0.05, 0) is 35.9 Å². The number of oxazole rings is 1. The Morgan fingerprint density at radius 1 is 0.718 bits per heavy atom. The Morgan fingerprint density at radius 3 is 2.36 bits per heavy atom. The van der Waals surface area contributed by atoms with Crippen molar-refractivity contribution in [3.8, 4) is 34.3 Å². The first-order chi connectivity index (χ1) is 19.1. The predicted octanol–water partition coefficient (Wildman–Crippen LogP) is 8.54. The molecule has 0 aliphatic rings. The number of nitrogens with zero attached hydrogens (tertiary/aromatic N) is 4. The van der Waals surface area contributed by atoms with Gasteiger partial charge >= 0.3 is 6.01 Å². The van der Waals surface area contributed by atoms with Gasteiger partial charge in [0.25, 0.3) is 0 Å². The van der Waals surface area contributed by atoms with Gasteiger partial charge < -0.3 is 9.15 Å². The normalized spacial score (nSPS) is 11.6. The average molecular weight is 511 g/mol. The zero-order valence-corrected chi connectivity index (χ0v) is 21.7. The van der Waals surface area contributed by atoms with Gasteiger partial charge in [-0.2, -0.15) is 5.10 Å². The topological polar surface area (TPSA) is 58.0 Å². The van der Waals surface area contributed by atoms with E-state index in [9.17, 15) is 0 Å². The highest BCUT2D eigenvalue weighted by Gasteiger charge is 2.17. The van der Waals surface area contributed by atoms with Crippen molar-refractivity contribution >= 4 is 21.8 Å². The van der Waals surface area contributed by atoms with Crippen LogP contribution in [-0.4, -0.2) is 19.3 Å². The van der Waals surface area contributed by atoms with Crippen LogP contribution in [0.3, 0.4) is 0 Å². The SMILES string of the molecule is CC(C)c1cnc(-n2c3ccccc3c3ccc(Oc4cccc(-n5cc(-c6ccccc6)cn5)c4)cc32)o1. The highest BCUT2D eigenvalue weighted by Crippen LogP contribution is 2.35. The summed E-state index contributed by atoms with van der Waals surface area (Å²) in [7, 11) is 0. The molecule has 0 atom stereocenters. The minimum Gasteiger partial charge on any atom is -0.457 e. The summed E-state index contributed by atoms with van der Waals surface area (Å²) in [5.74, 6) is 2.56. The largest absolute Gasteiger partial charge is 0.457 e.